The molecule has 0 bridgehead atoms. The summed E-state index contributed by atoms with van der Waals surface area (Å²) in [6.07, 6.45) is 0. The second-order valence-electron chi connectivity index (χ2n) is 5.19. The first-order valence-corrected chi connectivity index (χ1v) is 7.13. The van der Waals surface area contributed by atoms with Crippen molar-refractivity contribution >= 4 is 27.5 Å². The van der Waals surface area contributed by atoms with Crippen LogP contribution >= 0.6 is 15.9 Å². The van der Waals surface area contributed by atoms with Crippen molar-refractivity contribution in [2.24, 2.45) is 0 Å². The van der Waals surface area contributed by atoms with Gasteiger partial charge >= 0.3 is 0 Å². The zero-order chi connectivity index (χ0) is 15.6. The fraction of sp³-hybridized carbons (Fsp3) is 0.188. The van der Waals surface area contributed by atoms with Gasteiger partial charge in [0.2, 0.25) is 5.91 Å². The molecule has 2 aromatic rings. The summed E-state index contributed by atoms with van der Waals surface area (Å²) in [6, 6.07) is 11.1. The number of halogens is 3. The van der Waals surface area contributed by atoms with E-state index in [9.17, 15) is 13.6 Å². The van der Waals surface area contributed by atoms with Gasteiger partial charge in [-0.2, -0.15) is 0 Å². The molecule has 1 amide bonds. The standard InChI is InChI=1S/C16H14BrF2NO/c1-16(2,10-6-4-3-5-7-10)15(21)20-14-9-12(18)11(17)8-13(14)19/h3-9H,1-2H3,(H,20,21). The lowest BCUT2D eigenvalue weighted by molar-refractivity contribution is -0.120. The van der Waals surface area contributed by atoms with Crippen molar-refractivity contribution in [2.75, 3.05) is 5.32 Å². The highest BCUT2D eigenvalue weighted by Gasteiger charge is 2.30. The van der Waals surface area contributed by atoms with Crippen molar-refractivity contribution in [1.82, 2.24) is 0 Å². The molecule has 5 heteroatoms. The van der Waals surface area contributed by atoms with E-state index >= 15 is 0 Å². The third-order valence-electron chi connectivity index (χ3n) is 3.32. The zero-order valence-corrected chi connectivity index (χ0v) is 13.2. The maximum atomic E-state index is 13.8. The molecule has 1 N–H and O–H groups in total. The van der Waals surface area contributed by atoms with Gasteiger partial charge in [0, 0.05) is 6.07 Å². The molecule has 0 aliphatic heterocycles. The smallest absolute Gasteiger partial charge is 0.234 e. The number of anilines is 1. The third-order valence-corrected chi connectivity index (χ3v) is 3.93. The molecule has 0 unspecified atom stereocenters. The van der Waals surface area contributed by atoms with E-state index in [2.05, 4.69) is 21.2 Å². The van der Waals surface area contributed by atoms with Crippen LogP contribution in [0.2, 0.25) is 0 Å². The largest absolute Gasteiger partial charge is 0.323 e. The molecule has 0 saturated heterocycles. The summed E-state index contributed by atoms with van der Waals surface area (Å²) in [5.74, 6) is -1.74. The number of rotatable bonds is 3. The van der Waals surface area contributed by atoms with Crippen molar-refractivity contribution in [2.45, 2.75) is 19.3 Å². The molecule has 0 fully saturated rings. The highest BCUT2D eigenvalue weighted by molar-refractivity contribution is 9.10. The summed E-state index contributed by atoms with van der Waals surface area (Å²) in [7, 11) is 0. The Morgan fingerprint density at radius 3 is 2.33 bits per heavy atom. The Morgan fingerprint density at radius 1 is 1.10 bits per heavy atom. The third kappa shape index (κ3) is 3.29. The van der Waals surface area contributed by atoms with Gasteiger partial charge < -0.3 is 5.32 Å². The predicted molar refractivity (Wildman–Crippen MR) is 82.2 cm³/mol. The van der Waals surface area contributed by atoms with Gasteiger partial charge in [0.05, 0.1) is 15.6 Å². The second-order valence-corrected chi connectivity index (χ2v) is 6.05. The molecular formula is C16H14BrF2NO. The number of amides is 1. The highest BCUT2D eigenvalue weighted by Crippen LogP contribution is 2.27. The normalized spacial score (nSPS) is 11.3. The van der Waals surface area contributed by atoms with E-state index in [4.69, 9.17) is 0 Å². The first-order chi connectivity index (χ1) is 9.82. The Labute approximate surface area is 130 Å². The SMILES string of the molecule is CC(C)(C(=O)Nc1cc(F)c(Br)cc1F)c1ccccc1. The van der Waals surface area contributed by atoms with Crippen LogP contribution in [0.15, 0.2) is 46.9 Å². The quantitative estimate of drug-likeness (QED) is 0.800. The predicted octanol–water partition coefficient (Wildman–Crippen LogP) is 4.64. The minimum Gasteiger partial charge on any atom is -0.323 e. The van der Waals surface area contributed by atoms with Crippen LogP contribution in [-0.4, -0.2) is 5.91 Å². The van der Waals surface area contributed by atoms with Crippen LogP contribution in [0, 0.1) is 11.6 Å². The maximum absolute atomic E-state index is 13.8. The van der Waals surface area contributed by atoms with Crippen LogP contribution in [0.25, 0.3) is 0 Å². The molecule has 0 spiro atoms. The van der Waals surface area contributed by atoms with Crippen molar-refractivity contribution in [3.8, 4) is 0 Å². The van der Waals surface area contributed by atoms with E-state index < -0.39 is 23.0 Å². The number of hydrogen-bond acceptors (Lipinski definition) is 1. The summed E-state index contributed by atoms with van der Waals surface area (Å²) < 4.78 is 27.2. The van der Waals surface area contributed by atoms with E-state index in [-0.39, 0.29) is 10.2 Å². The molecular weight excluding hydrogens is 340 g/mol. The molecule has 2 nitrogen and oxygen atoms in total. The minimum atomic E-state index is -0.864. The molecule has 0 aromatic heterocycles. The average Bonchev–Trinajstić information content (AvgIpc) is 2.45. The number of nitrogens with one attached hydrogen (secondary N) is 1. The van der Waals surface area contributed by atoms with Gasteiger partial charge in [-0.3, -0.25) is 4.79 Å². The average molecular weight is 354 g/mol. The fourth-order valence-electron chi connectivity index (χ4n) is 1.88. The van der Waals surface area contributed by atoms with Crippen molar-refractivity contribution in [3.05, 3.63) is 64.1 Å². The first kappa shape index (κ1) is 15.6. The molecule has 21 heavy (non-hydrogen) atoms. The minimum absolute atomic E-state index is 0.0142. The van der Waals surface area contributed by atoms with Gasteiger partial charge in [-0.05, 0) is 41.4 Å². The van der Waals surface area contributed by atoms with Crippen molar-refractivity contribution in [3.63, 3.8) is 0 Å². The Bertz CT molecular complexity index is 671. The van der Waals surface area contributed by atoms with Crippen molar-refractivity contribution < 1.29 is 13.6 Å². The number of hydrogen-bond donors (Lipinski definition) is 1. The lowest BCUT2D eigenvalue weighted by Crippen LogP contribution is -2.35. The molecule has 110 valence electrons. The zero-order valence-electron chi connectivity index (χ0n) is 11.6. The Hall–Kier alpha value is -1.75. The molecule has 0 saturated carbocycles. The molecule has 0 radical (unpaired) electrons. The monoisotopic (exact) mass is 353 g/mol. The van der Waals surface area contributed by atoms with E-state index in [0.717, 1.165) is 17.7 Å². The van der Waals surface area contributed by atoms with Crippen LogP contribution in [0.1, 0.15) is 19.4 Å². The van der Waals surface area contributed by atoms with E-state index in [0.29, 0.717) is 0 Å². The van der Waals surface area contributed by atoms with Crippen LogP contribution in [0.4, 0.5) is 14.5 Å². The van der Waals surface area contributed by atoms with Crippen LogP contribution in [-0.2, 0) is 10.2 Å². The van der Waals surface area contributed by atoms with Gasteiger partial charge in [-0.1, -0.05) is 30.3 Å². The Kier molecular flexibility index (Phi) is 4.42. The number of carbonyl (C=O) groups excluding carboxylic acids is 1. The molecule has 2 aromatic carbocycles. The van der Waals surface area contributed by atoms with Gasteiger partial charge in [0.25, 0.3) is 0 Å². The Balaban J connectivity index is 2.28. The molecule has 2 rings (SSSR count). The molecule has 0 heterocycles. The van der Waals surface area contributed by atoms with E-state index in [1.54, 1.807) is 13.8 Å². The van der Waals surface area contributed by atoms with Gasteiger partial charge in [-0.15, -0.1) is 0 Å². The summed E-state index contributed by atoms with van der Waals surface area (Å²) >= 11 is 2.89. The Morgan fingerprint density at radius 2 is 1.71 bits per heavy atom. The van der Waals surface area contributed by atoms with Crippen LogP contribution < -0.4 is 5.32 Å². The van der Waals surface area contributed by atoms with E-state index in [1.165, 1.54) is 0 Å². The topological polar surface area (TPSA) is 29.1 Å². The number of benzene rings is 2. The van der Waals surface area contributed by atoms with E-state index in [1.807, 2.05) is 30.3 Å². The number of carbonyl (C=O) groups is 1. The van der Waals surface area contributed by atoms with Crippen molar-refractivity contribution in [1.29, 1.82) is 0 Å². The summed E-state index contributed by atoms with van der Waals surface area (Å²) in [4.78, 5) is 12.4. The summed E-state index contributed by atoms with van der Waals surface area (Å²) in [5.41, 5.74) is -0.248. The second kappa shape index (κ2) is 5.93. The molecule has 0 atom stereocenters. The summed E-state index contributed by atoms with van der Waals surface area (Å²) in [6.45, 7) is 3.45. The fourth-order valence-corrected chi connectivity index (χ4v) is 2.20. The van der Waals surface area contributed by atoms with Gasteiger partial charge in [0.1, 0.15) is 11.6 Å². The first-order valence-electron chi connectivity index (χ1n) is 6.34. The van der Waals surface area contributed by atoms with Gasteiger partial charge in [0.15, 0.2) is 0 Å². The summed E-state index contributed by atoms with van der Waals surface area (Å²) in [5, 5.41) is 2.44. The van der Waals surface area contributed by atoms with Crippen LogP contribution in [0.5, 0.6) is 0 Å². The van der Waals surface area contributed by atoms with Crippen LogP contribution in [0.3, 0.4) is 0 Å². The lowest BCUT2D eigenvalue weighted by atomic mass is 9.83. The molecule has 0 aliphatic carbocycles. The van der Waals surface area contributed by atoms with Gasteiger partial charge in [-0.25, -0.2) is 8.78 Å². The maximum Gasteiger partial charge on any atom is 0.234 e. The molecule has 0 aliphatic rings. The highest BCUT2D eigenvalue weighted by atomic mass is 79.9. The lowest BCUT2D eigenvalue weighted by Gasteiger charge is -2.24.